The van der Waals surface area contributed by atoms with Gasteiger partial charge in [0.25, 0.3) is 5.91 Å². The van der Waals surface area contributed by atoms with Crippen molar-refractivity contribution in [3.8, 4) is 0 Å². The molecule has 0 spiro atoms. The molecule has 10 nitrogen and oxygen atoms in total. The van der Waals surface area contributed by atoms with Gasteiger partial charge in [0.1, 0.15) is 5.94 Å². The minimum Gasteiger partial charge on any atom is -0.480 e. The Bertz CT molecular complexity index is 435. The topological polar surface area (TPSA) is 190 Å². The summed E-state index contributed by atoms with van der Waals surface area (Å²) in [6.45, 7) is 0.649. The fraction of sp³-hybridized carbons (Fsp3) is 0.600. The Hall–Kier alpha value is -1.81. The summed E-state index contributed by atoms with van der Waals surface area (Å²) in [7, 11) is 0. The normalized spacial score (nSPS) is 15.1. The third-order valence-corrected chi connectivity index (χ3v) is 2.58. The average Bonchev–Trinajstić information content (AvgIpc) is 2.21. The van der Waals surface area contributed by atoms with E-state index in [1.54, 1.807) is 5.32 Å². The first-order valence-corrected chi connectivity index (χ1v) is 5.30. The van der Waals surface area contributed by atoms with Crippen molar-refractivity contribution in [2.45, 2.75) is 37.0 Å². The first-order chi connectivity index (χ1) is 8.88. The minimum absolute atomic E-state index is 0.112. The molecule has 10 heteroatoms. The van der Waals surface area contributed by atoms with Crippen molar-refractivity contribution in [1.29, 1.82) is 0 Å². The summed E-state index contributed by atoms with van der Waals surface area (Å²) < 4.78 is 0. The fourth-order valence-electron chi connectivity index (χ4n) is 1.52. The minimum atomic E-state index is -3.19. The van der Waals surface area contributed by atoms with Gasteiger partial charge in [-0.3, -0.25) is 4.79 Å². The van der Waals surface area contributed by atoms with Crippen LogP contribution in [-0.2, 0) is 14.4 Å². The molecule has 1 unspecified atom stereocenters. The van der Waals surface area contributed by atoms with Crippen LogP contribution in [0.1, 0.15) is 19.8 Å². The number of rotatable bonds is 8. The van der Waals surface area contributed by atoms with E-state index in [0.717, 1.165) is 5.94 Å². The number of amides is 1. The van der Waals surface area contributed by atoms with Gasteiger partial charge in [-0.05, 0) is 13.3 Å². The lowest BCUT2D eigenvalue weighted by Gasteiger charge is -2.41. The number of hydrogen-bond acceptors (Lipinski definition) is 8. The first kappa shape index (κ1) is 18.2. The third-order valence-electron chi connectivity index (χ3n) is 2.58. The second-order valence-electron chi connectivity index (χ2n) is 4.31. The van der Waals surface area contributed by atoms with E-state index in [1.165, 1.54) is 0 Å². The second-order valence-corrected chi connectivity index (χ2v) is 4.31. The number of aliphatic hydroxyl groups is 4. The van der Waals surface area contributed by atoms with Gasteiger partial charge in [-0.1, -0.05) is 0 Å². The Morgan fingerprint density at radius 1 is 1.30 bits per heavy atom. The highest BCUT2D eigenvalue weighted by Gasteiger charge is 2.56. The van der Waals surface area contributed by atoms with E-state index in [-0.39, 0.29) is 6.08 Å². The number of carboxylic acids is 1. The molecule has 0 radical (unpaired) electrons. The zero-order chi connectivity index (χ0) is 16.2. The van der Waals surface area contributed by atoms with Crippen molar-refractivity contribution in [2.24, 2.45) is 5.73 Å². The molecule has 0 aliphatic carbocycles. The summed E-state index contributed by atoms with van der Waals surface area (Å²) in [6.07, 6.45) is -1.27. The third kappa shape index (κ3) is 4.38. The number of carbonyl (C=O) groups excluding carboxylic acids is 2. The highest BCUT2D eigenvalue weighted by atomic mass is 16.5. The van der Waals surface area contributed by atoms with Gasteiger partial charge in [0.15, 0.2) is 11.3 Å². The molecule has 0 aromatic heterocycles. The summed E-state index contributed by atoms with van der Waals surface area (Å²) in [5.74, 6) is -8.06. The number of carboxylic acid groups (broad SMARTS) is 1. The Morgan fingerprint density at radius 3 is 2.10 bits per heavy atom. The van der Waals surface area contributed by atoms with Crippen molar-refractivity contribution in [3.05, 3.63) is 6.08 Å². The second kappa shape index (κ2) is 6.09. The Kier molecular flexibility index (Phi) is 5.54. The maximum atomic E-state index is 11.3. The van der Waals surface area contributed by atoms with Gasteiger partial charge < -0.3 is 31.3 Å². The van der Waals surface area contributed by atoms with Gasteiger partial charge in [0.05, 0.1) is 6.08 Å². The Balaban J connectivity index is 5.70. The van der Waals surface area contributed by atoms with Crippen LogP contribution in [0.5, 0.6) is 0 Å². The van der Waals surface area contributed by atoms with Gasteiger partial charge in [-0.25, -0.2) is 14.9 Å². The lowest BCUT2D eigenvalue weighted by atomic mass is 9.84. The molecule has 20 heavy (non-hydrogen) atoms. The summed E-state index contributed by atoms with van der Waals surface area (Å²) in [6, 6.07) is 0. The predicted octanol–water partition coefficient (Wildman–Crippen LogP) is -3.61. The van der Waals surface area contributed by atoms with Gasteiger partial charge in [0, 0.05) is 6.42 Å². The van der Waals surface area contributed by atoms with Crippen LogP contribution in [0.4, 0.5) is 0 Å². The molecule has 0 saturated carbocycles. The van der Waals surface area contributed by atoms with Crippen molar-refractivity contribution in [1.82, 2.24) is 5.32 Å². The van der Waals surface area contributed by atoms with E-state index in [9.17, 15) is 34.8 Å². The number of nitrogens with two attached hydrogens (primary N) is 1. The molecule has 0 heterocycles. The van der Waals surface area contributed by atoms with Crippen LogP contribution in [-0.4, -0.2) is 60.6 Å². The van der Waals surface area contributed by atoms with Crippen LogP contribution in [0.25, 0.3) is 0 Å². The van der Waals surface area contributed by atoms with Crippen molar-refractivity contribution in [3.63, 3.8) is 0 Å². The molecule has 0 aromatic carbocycles. The van der Waals surface area contributed by atoms with Crippen molar-refractivity contribution in [2.75, 3.05) is 0 Å². The molecule has 0 aromatic rings. The van der Waals surface area contributed by atoms with Crippen LogP contribution in [0, 0.1) is 0 Å². The van der Waals surface area contributed by atoms with Crippen LogP contribution in [0.3, 0.4) is 0 Å². The molecule has 0 aliphatic rings. The largest absolute Gasteiger partial charge is 0.480 e. The van der Waals surface area contributed by atoms with E-state index in [4.69, 9.17) is 10.8 Å². The molecule has 0 aliphatic heterocycles. The number of aliphatic carboxylic acids is 1. The van der Waals surface area contributed by atoms with E-state index in [0.29, 0.717) is 6.92 Å². The van der Waals surface area contributed by atoms with Crippen LogP contribution < -0.4 is 11.1 Å². The summed E-state index contributed by atoms with van der Waals surface area (Å²) in [5.41, 5.74) is 2.07. The average molecular weight is 292 g/mol. The predicted molar refractivity (Wildman–Crippen MR) is 62.2 cm³/mol. The van der Waals surface area contributed by atoms with Gasteiger partial charge in [-0.15, -0.1) is 0 Å². The van der Waals surface area contributed by atoms with Crippen LogP contribution in [0.15, 0.2) is 6.08 Å². The fourth-order valence-corrected chi connectivity index (χ4v) is 1.52. The maximum Gasteiger partial charge on any atom is 0.329 e. The molecule has 0 bridgehead atoms. The van der Waals surface area contributed by atoms with Crippen molar-refractivity contribution >= 4 is 17.8 Å². The maximum absolute atomic E-state index is 11.3. The highest BCUT2D eigenvalue weighted by molar-refractivity contribution is 5.82. The SMILES string of the molecule is CC(O)(O)C(CCC(N)=O)(NC(O)(O)C=C=O)C(=O)O. The van der Waals surface area contributed by atoms with E-state index in [2.05, 4.69) is 0 Å². The first-order valence-electron chi connectivity index (χ1n) is 5.30. The van der Waals surface area contributed by atoms with Gasteiger partial charge in [-0.2, -0.15) is 0 Å². The lowest BCUT2D eigenvalue weighted by molar-refractivity contribution is -0.250. The molecule has 1 atom stereocenters. The molecule has 0 saturated heterocycles. The standard InChI is InChI=1S/C10H16N2O8/c1-8(17,18)9(7(15)16,3-2-6(11)14)12-10(19,20)4-5-13/h4,12,17-20H,2-3H2,1H3,(H2,11,14)(H,15,16). The number of carbonyl (C=O) groups is 2. The smallest absolute Gasteiger partial charge is 0.329 e. The molecular weight excluding hydrogens is 276 g/mol. The van der Waals surface area contributed by atoms with E-state index >= 15 is 0 Å². The van der Waals surface area contributed by atoms with E-state index < -0.39 is 42.0 Å². The Morgan fingerprint density at radius 2 is 1.80 bits per heavy atom. The van der Waals surface area contributed by atoms with Gasteiger partial charge in [0.2, 0.25) is 5.91 Å². The Labute approximate surface area is 113 Å². The van der Waals surface area contributed by atoms with Gasteiger partial charge >= 0.3 is 5.97 Å². The molecule has 114 valence electrons. The van der Waals surface area contributed by atoms with Crippen LogP contribution >= 0.6 is 0 Å². The van der Waals surface area contributed by atoms with Crippen LogP contribution in [0.2, 0.25) is 0 Å². The molecule has 8 N–H and O–H groups in total. The summed E-state index contributed by atoms with van der Waals surface area (Å²) in [4.78, 5) is 32.1. The summed E-state index contributed by atoms with van der Waals surface area (Å²) >= 11 is 0. The molecular formula is C10H16N2O8. The summed E-state index contributed by atoms with van der Waals surface area (Å²) in [5, 5.41) is 48.6. The quantitative estimate of drug-likeness (QED) is 0.175. The monoisotopic (exact) mass is 292 g/mol. The number of primary amides is 1. The number of hydrogen-bond donors (Lipinski definition) is 7. The number of nitrogens with one attached hydrogen (secondary N) is 1. The zero-order valence-electron chi connectivity index (χ0n) is 10.5. The molecule has 0 fully saturated rings. The molecule has 1 amide bonds. The zero-order valence-corrected chi connectivity index (χ0v) is 10.5. The highest BCUT2D eigenvalue weighted by Crippen LogP contribution is 2.28. The van der Waals surface area contributed by atoms with Crippen molar-refractivity contribution < 1.29 is 39.9 Å². The lowest BCUT2D eigenvalue weighted by Crippen LogP contribution is -2.72. The van der Waals surface area contributed by atoms with E-state index in [1.807, 2.05) is 0 Å². The molecule has 0 rings (SSSR count).